The molecule has 0 spiro atoms. The average molecular weight is 345 g/mol. The van der Waals surface area contributed by atoms with E-state index in [-0.39, 0.29) is 6.04 Å². The van der Waals surface area contributed by atoms with Crippen molar-refractivity contribution < 1.29 is 9.47 Å². The number of aromatic nitrogens is 1. The predicted octanol–water partition coefficient (Wildman–Crippen LogP) is 3.84. The first-order chi connectivity index (χ1) is 11.6. The molecule has 24 heavy (non-hydrogen) atoms. The van der Waals surface area contributed by atoms with Gasteiger partial charge >= 0.3 is 0 Å². The minimum absolute atomic E-state index is 0.0651. The fourth-order valence-corrected chi connectivity index (χ4v) is 2.59. The SMILES string of the molecule is CCC(NC(=S)Nc1ccc(C)cn1)c1ccc(OC)c(OC)c1. The molecular formula is C18H23N3O2S. The van der Waals surface area contributed by atoms with Crippen molar-refractivity contribution in [3.63, 3.8) is 0 Å². The summed E-state index contributed by atoms with van der Waals surface area (Å²) in [5.41, 5.74) is 2.19. The Morgan fingerprint density at radius 3 is 2.50 bits per heavy atom. The molecule has 5 nitrogen and oxygen atoms in total. The van der Waals surface area contributed by atoms with Gasteiger partial charge < -0.3 is 20.1 Å². The summed E-state index contributed by atoms with van der Waals surface area (Å²) in [5, 5.41) is 6.96. The summed E-state index contributed by atoms with van der Waals surface area (Å²) in [6, 6.07) is 9.83. The van der Waals surface area contributed by atoms with Crippen LogP contribution in [0, 0.1) is 6.92 Å². The van der Waals surface area contributed by atoms with Gasteiger partial charge in [-0.1, -0.05) is 19.1 Å². The highest BCUT2D eigenvalue weighted by Gasteiger charge is 2.14. The molecule has 2 rings (SSSR count). The van der Waals surface area contributed by atoms with Crippen molar-refractivity contribution in [2.75, 3.05) is 19.5 Å². The normalized spacial score (nSPS) is 11.5. The van der Waals surface area contributed by atoms with Gasteiger partial charge in [-0.05, 0) is 54.9 Å². The first-order valence-electron chi connectivity index (χ1n) is 7.79. The van der Waals surface area contributed by atoms with E-state index >= 15 is 0 Å². The second-order valence-corrected chi connectivity index (χ2v) is 5.80. The van der Waals surface area contributed by atoms with Crippen molar-refractivity contribution in [2.24, 2.45) is 0 Å². The number of methoxy groups -OCH3 is 2. The lowest BCUT2D eigenvalue weighted by Gasteiger charge is -2.21. The molecule has 0 fully saturated rings. The van der Waals surface area contributed by atoms with Crippen LogP contribution >= 0.6 is 12.2 Å². The average Bonchev–Trinajstić information content (AvgIpc) is 2.61. The molecule has 0 aliphatic rings. The summed E-state index contributed by atoms with van der Waals surface area (Å²) in [6.45, 7) is 4.10. The van der Waals surface area contributed by atoms with E-state index < -0.39 is 0 Å². The van der Waals surface area contributed by atoms with E-state index in [1.165, 1.54) is 0 Å². The number of benzene rings is 1. The Kier molecular flexibility index (Phi) is 6.37. The van der Waals surface area contributed by atoms with Crippen LogP contribution in [0.15, 0.2) is 36.5 Å². The summed E-state index contributed by atoms with van der Waals surface area (Å²) in [7, 11) is 3.26. The molecule has 1 aromatic heterocycles. The third kappa shape index (κ3) is 4.58. The number of nitrogens with one attached hydrogen (secondary N) is 2. The number of thiocarbonyl (C=S) groups is 1. The van der Waals surface area contributed by atoms with E-state index in [0.717, 1.165) is 23.4 Å². The lowest BCUT2D eigenvalue weighted by atomic mass is 10.0. The topological polar surface area (TPSA) is 55.4 Å². The zero-order valence-corrected chi connectivity index (χ0v) is 15.2. The van der Waals surface area contributed by atoms with Gasteiger partial charge in [0.05, 0.1) is 20.3 Å². The second kappa shape index (κ2) is 8.49. The Morgan fingerprint density at radius 2 is 1.92 bits per heavy atom. The van der Waals surface area contributed by atoms with Gasteiger partial charge in [0.2, 0.25) is 0 Å². The molecule has 0 aliphatic heterocycles. The third-order valence-electron chi connectivity index (χ3n) is 3.68. The quantitative estimate of drug-likeness (QED) is 0.776. The van der Waals surface area contributed by atoms with Crippen LogP contribution in [0.3, 0.4) is 0 Å². The molecular weight excluding hydrogens is 322 g/mol. The highest BCUT2D eigenvalue weighted by molar-refractivity contribution is 7.80. The van der Waals surface area contributed by atoms with Gasteiger partial charge in [-0.3, -0.25) is 0 Å². The molecule has 1 unspecified atom stereocenters. The Hall–Kier alpha value is -2.34. The molecule has 0 radical (unpaired) electrons. The van der Waals surface area contributed by atoms with Gasteiger partial charge in [0.15, 0.2) is 16.6 Å². The largest absolute Gasteiger partial charge is 0.493 e. The van der Waals surface area contributed by atoms with E-state index in [1.807, 2.05) is 37.3 Å². The van der Waals surface area contributed by atoms with Gasteiger partial charge in [0, 0.05) is 6.20 Å². The second-order valence-electron chi connectivity index (χ2n) is 5.39. The molecule has 0 amide bonds. The Balaban J connectivity index is 2.08. The third-order valence-corrected chi connectivity index (χ3v) is 3.90. The van der Waals surface area contributed by atoms with Crippen molar-refractivity contribution in [3.8, 4) is 11.5 Å². The number of nitrogens with zero attached hydrogens (tertiary/aromatic N) is 1. The van der Waals surface area contributed by atoms with Crippen molar-refractivity contribution >= 4 is 23.1 Å². The maximum absolute atomic E-state index is 5.40. The number of aryl methyl sites for hydroxylation is 1. The smallest absolute Gasteiger partial charge is 0.172 e. The van der Waals surface area contributed by atoms with Crippen molar-refractivity contribution in [2.45, 2.75) is 26.3 Å². The highest BCUT2D eigenvalue weighted by atomic mass is 32.1. The molecule has 1 aromatic carbocycles. The van der Waals surface area contributed by atoms with Crippen LogP contribution in [-0.4, -0.2) is 24.3 Å². The van der Waals surface area contributed by atoms with E-state index in [2.05, 4.69) is 22.5 Å². The maximum Gasteiger partial charge on any atom is 0.172 e. The number of rotatable bonds is 6. The zero-order chi connectivity index (χ0) is 17.5. The number of anilines is 1. The summed E-state index contributed by atoms with van der Waals surface area (Å²) in [4.78, 5) is 4.30. The van der Waals surface area contributed by atoms with Crippen LogP contribution in [0.4, 0.5) is 5.82 Å². The summed E-state index contributed by atoms with van der Waals surface area (Å²) in [5.74, 6) is 2.13. The minimum Gasteiger partial charge on any atom is -0.493 e. The van der Waals surface area contributed by atoms with E-state index in [1.54, 1.807) is 20.4 Å². The van der Waals surface area contributed by atoms with Crippen LogP contribution < -0.4 is 20.1 Å². The van der Waals surface area contributed by atoms with Gasteiger partial charge in [-0.15, -0.1) is 0 Å². The molecule has 0 saturated carbocycles. The molecule has 1 heterocycles. The van der Waals surface area contributed by atoms with Crippen LogP contribution in [0.2, 0.25) is 0 Å². The molecule has 0 aliphatic carbocycles. The Morgan fingerprint density at radius 1 is 1.17 bits per heavy atom. The number of pyridine rings is 1. The highest BCUT2D eigenvalue weighted by Crippen LogP contribution is 2.30. The van der Waals surface area contributed by atoms with Gasteiger partial charge in [-0.25, -0.2) is 4.98 Å². The van der Waals surface area contributed by atoms with E-state index in [0.29, 0.717) is 16.6 Å². The predicted molar refractivity (Wildman–Crippen MR) is 101 cm³/mol. The van der Waals surface area contributed by atoms with E-state index in [4.69, 9.17) is 21.7 Å². The minimum atomic E-state index is 0.0651. The summed E-state index contributed by atoms with van der Waals surface area (Å²) in [6.07, 6.45) is 2.68. The van der Waals surface area contributed by atoms with E-state index in [9.17, 15) is 0 Å². The monoisotopic (exact) mass is 345 g/mol. The molecule has 0 bridgehead atoms. The fourth-order valence-electron chi connectivity index (χ4n) is 2.34. The van der Waals surface area contributed by atoms with Crippen LogP contribution in [0.25, 0.3) is 0 Å². The number of ether oxygens (including phenoxy) is 2. The maximum atomic E-state index is 5.40. The van der Waals surface area contributed by atoms with Gasteiger partial charge in [-0.2, -0.15) is 0 Å². The zero-order valence-electron chi connectivity index (χ0n) is 14.4. The first kappa shape index (κ1) is 18.0. The van der Waals surface area contributed by atoms with Crippen LogP contribution in [0.5, 0.6) is 11.5 Å². The standard InChI is InChI=1S/C18H23N3O2S/c1-5-14(13-7-8-15(22-3)16(10-13)23-4)20-18(24)21-17-9-6-12(2)11-19-17/h6-11,14H,5H2,1-4H3,(H2,19,20,21,24). The summed E-state index contributed by atoms with van der Waals surface area (Å²) < 4.78 is 10.7. The number of hydrogen-bond donors (Lipinski definition) is 2. The van der Waals surface area contributed by atoms with Crippen LogP contribution in [-0.2, 0) is 0 Å². The molecule has 128 valence electrons. The lowest BCUT2D eigenvalue weighted by Crippen LogP contribution is -2.32. The molecule has 0 saturated heterocycles. The number of hydrogen-bond acceptors (Lipinski definition) is 4. The lowest BCUT2D eigenvalue weighted by molar-refractivity contribution is 0.354. The van der Waals surface area contributed by atoms with Gasteiger partial charge in [0.1, 0.15) is 5.82 Å². The molecule has 6 heteroatoms. The van der Waals surface area contributed by atoms with Crippen molar-refractivity contribution in [3.05, 3.63) is 47.7 Å². The molecule has 1 atom stereocenters. The Labute approximate surface area is 148 Å². The molecule has 2 N–H and O–H groups in total. The van der Waals surface area contributed by atoms with Gasteiger partial charge in [0.25, 0.3) is 0 Å². The van der Waals surface area contributed by atoms with Crippen molar-refractivity contribution in [1.29, 1.82) is 0 Å². The molecule has 2 aromatic rings. The Bertz CT molecular complexity index is 689. The fraction of sp³-hybridized carbons (Fsp3) is 0.333. The van der Waals surface area contributed by atoms with Crippen LogP contribution in [0.1, 0.15) is 30.5 Å². The van der Waals surface area contributed by atoms with Crippen molar-refractivity contribution in [1.82, 2.24) is 10.3 Å². The first-order valence-corrected chi connectivity index (χ1v) is 8.20. The summed E-state index contributed by atoms with van der Waals surface area (Å²) >= 11 is 5.40.